The monoisotopic (exact) mass is 623 g/mol. The zero-order chi connectivity index (χ0) is 31.3. The minimum atomic E-state index is -2.77. The molecule has 5 aromatic rings. The fourth-order valence-electron chi connectivity index (χ4n) is 6.93. The van der Waals surface area contributed by atoms with Crippen molar-refractivity contribution in [1.29, 1.82) is 0 Å². The van der Waals surface area contributed by atoms with Crippen molar-refractivity contribution in [3.63, 3.8) is 0 Å². The molecule has 45 heavy (non-hydrogen) atoms. The van der Waals surface area contributed by atoms with Gasteiger partial charge in [-0.15, -0.1) is 0 Å². The lowest BCUT2D eigenvalue weighted by Gasteiger charge is -2.25. The molecule has 2 aliphatic rings. The molecule has 0 bridgehead atoms. The number of benzene rings is 2. The Morgan fingerprint density at radius 1 is 0.933 bits per heavy atom. The maximum Gasteiger partial charge on any atom is 0.229 e. The van der Waals surface area contributed by atoms with E-state index in [1.807, 2.05) is 18.2 Å². The highest BCUT2D eigenvalue weighted by Gasteiger charge is 2.39. The molecule has 0 unspecified atom stereocenters. The first-order valence-electron chi connectivity index (χ1n) is 15.3. The molecular formula is C33H38N9O2P. The number of rotatable bonds is 8. The molecule has 5 heterocycles. The number of aryl methyl sites for hydroxylation is 1. The smallest absolute Gasteiger partial charge is 0.229 e. The van der Waals surface area contributed by atoms with Gasteiger partial charge in [0, 0.05) is 61.9 Å². The number of pyridine rings is 1. The van der Waals surface area contributed by atoms with Crippen molar-refractivity contribution >= 4 is 63.2 Å². The molecule has 0 radical (unpaired) electrons. The summed E-state index contributed by atoms with van der Waals surface area (Å²) >= 11 is 0. The molecule has 12 heteroatoms. The number of nitrogens with zero attached hydrogens (tertiary/aromatic N) is 7. The van der Waals surface area contributed by atoms with Crippen molar-refractivity contribution < 1.29 is 9.30 Å². The molecule has 11 nitrogen and oxygen atoms in total. The van der Waals surface area contributed by atoms with Crippen LogP contribution in [0.2, 0.25) is 0 Å². The van der Waals surface area contributed by atoms with Gasteiger partial charge in [0.05, 0.1) is 41.0 Å². The summed E-state index contributed by atoms with van der Waals surface area (Å²) in [6.07, 6.45) is 7.57. The first kappa shape index (κ1) is 29.4. The van der Waals surface area contributed by atoms with E-state index < -0.39 is 7.14 Å². The lowest BCUT2D eigenvalue weighted by Crippen LogP contribution is -2.27. The molecule has 2 aliphatic heterocycles. The highest BCUT2D eigenvalue weighted by molar-refractivity contribution is 7.71. The van der Waals surface area contributed by atoms with Gasteiger partial charge in [0.15, 0.2) is 0 Å². The van der Waals surface area contributed by atoms with E-state index in [-0.39, 0.29) is 0 Å². The summed E-state index contributed by atoms with van der Waals surface area (Å²) in [4.78, 5) is 27.9. The fraction of sp³-hybridized carbons (Fsp3) is 0.364. The first-order chi connectivity index (χ1) is 21.7. The first-order valence-corrected chi connectivity index (χ1v) is 17.9. The topological polar surface area (TPSA) is 121 Å². The quantitative estimate of drug-likeness (QED) is 0.220. The van der Waals surface area contributed by atoms with E-state index in [0.717, 1.165) is 49.4 Å². The Labute approximate surface area is 262 Å². The molecule has 7 rings (SSSR count). The Balaban J connectivity index is 1.26. The SMILES string of the molecule is CCc1cc(Nc2nc(Nc3ccc4nccnc4c3P(C)(C)=O)c3ccncc3n2)c(OC)cc1N1C[C@H]2CN(C)C[C@H]2C1. The summed E-state index contributed by atoms with van der Waals surface area (Å²) in [7, 11) is 1.15. The third kappa shape index (κ3) is 5.55. The molecule has 0 amide bonds. The number of hydrogen-bond donors (Lipinski definition) is 2. The van der Waals surface area contributed by atoms with Crippen molar-refractivity contribution in [3.8, 4) is 5.75 Å². The van der Waals surface area contributed by atoms with Crippen molar-refractivity contribution in [1.82, 2.24) is 29.8 Å². The van der Waals surface area contributed by atoms with Crippen LogP contribution >= 0.6 is 7.14 Å². The molecule has 3 aromatic heterocycles. The lowest BCUT2D eigenvalue weighted by atomic mass is 10.0. The van der Waals surface area contributed by atoms with Crippen LogP contribution in [0.3, 0.4) is 0 Å². The number of anilines is 5. The maximum atomic E-state index is 13.6. The van der Waals surface area contributed by atoms with Gasteiger partial charge in [0.1, 0.15) is 24.2 Å². The number of nitrogens with one attached hydrogen (secondary N) is 2. The summed E-state index contributed by atoms with van der Waals surface area (Å²) in [5.41, 5.74) is 5.90. The van der Waals surface area contributed by atoms with Gasteiger partial charge in [-0.3, -0.25) is 15.0 Å². The highest BCUT2D eigenvalue weighted by atomic mass is 31.2. The van der Waals surface area contributed by atoms with Crippen LogP contribution in [-0.2, 0) is 11.0 Å². The van der Waals surface area contributed by atoms with Gasteiger partial charge in [-0.2, -0.15) is 4.98 Å². The van der Waals surface area contributed by atoms with Crippen LogP contribution in [0.1, 0.15) is 12.5 Å². The van der Waals surface area contributed by atoms with E-state index in [0.29, 0.717) is 51.1 Å². The van der Waals surface area contributed by atoms with E-state index in [9.17, 15) is 4.57 Å². The van der Waals surface area contributed by atoms with Crippen LogP contribution in [0, 0.1) is 11.8 Å². The van der Waals surface area contributed by atoms with E-state index in [1.54, 1.807) is 45.2 Å². The predicted octanol–water partition coefficient (Wildman–Crippen LogP) is 5.27. The van der Waals surface area contributed by atoms with Gasteiger partial charge >= 0.3 is 0 Å². The molecule has 2 aromatic carbocycles. The normalized spacial score (nSPS) is 18.5. The Morgan fingerprint density at radius 2 is 1.71 bits per heavy atom. The van der Waals surface area contributed by atoms with Crippen molar-refractivity contribution in [2.75, 3.05) is 69.2 Å². The second-order valence-corrected chi connectivity index (χ2v) is 15.6. The van der Waals surface area contributed by atoms with Gasteiger partial charge in [-0.25, -0.2) is 4.98 Å². The predicted molar refractivity (Wildman–Crippen MR) is 182 cm³/mol. The van der Waals surface area contributed by atoms with Crippen molar-refractivity contribution in [3.05, 3.63) is 60.7 Å². The molecule has 2 N–H and O–H groups in total. The van der Waals surface area contributed by atoms with Gasteiger partial charge < -0.3 is 29.7 Å². The van der Waals surface area contributed by atoms with E-state index in [1.165, 1.54) is 11.3 Å². The molecule has 0 spiro atoms. The Kier molecular flexibility index (Phi) is 7.54. The molecule has 0 aliphatic carbocycles. The Bertz CT molecular complexity index is 1950. The second-order valence-electron chi connectivity index (χ2n) is 12.5. The summed E-state index contributed by atoms with van der Waals surface area (Å²) in [6, 6.07) is 9.93. The van der Waals surface area contributed by atoms with Crippen LogP contribution < -0.4 is 25.6 Å². The van der Waals surface area contributed by atoms with Crippen LogP contribution in [0.4, 0.5) is 28.8 Å². The largest absolute Gasteiger partial charge is 0.494 e. The fourth-order valence-corrected chi connectivity index (χ4v) is 8.32. The van der Waals surface area contributed by atoms with Gasteiger partial charge in [0.25, 0.3) is 0 Å². The second kappa shape index (κ2) is 11.5. The minimum Gasteiger partial charge on any atom is -0.494 e. The number of hydrogen-bond acceptors (Lipinski definition) is 11. The van der Waals surface area contributed by atoms with Crippen LogP contribution in [0.15, 0.2) is 55.1 Å². The number of methoxy groups -OCH3 is 1. The summed E-state index contributed by atoms with van der Waals surface area (Å²) in [5.74, 6) is 3.09. The summed E-state index contributed by atoms with van der Waals surface area (Å²) in [6.45, 7) is 10.1. The van der Waals surface area contributed by atoms with E-state index >= 15 is 0 Å². The summed E-state index contributed by atoms with van der Waals surface area (Å²) < 4.78 is 19.5. The van der Waals surface area contributed by atoms with Crippen LogP contribution in [0.5, 0.6) is 5.75 Å². The molecule has 232 valence electrons. The summed E-state index contributed by atoms with van der Waals surface area (Å²) in [5, 5.41) is 8.31. The van der Waals surface area contributed by atoms with Crippen molar-refractivity contribution in [2.45, 2.75) is 13.3 Å². The van der Waals surface area contributed by atoms with Gasteiger partial charge in [-0.1, -0.05) is 6.92 Å². The zero-order valence-electron chi connectivity index (χ0n) is 26.3. The highest BCUT2D eigenvalue weighted by Crippen LogP contribution is 2.42. The Morgan fingerprint density at radius 3 is 2.44 bits per heavy atom. The average molecular weight is 624 g/mol. The molecule has 2 atom stereocenters. The third-order valence-corrected chi connectivity index (χ3v) is 10.5. The number of likely N-dealkylation sites (tertiary alicyclic amines) is 1. The number of fused-ring (bicyclic) bond motifs is 3. The van der Waals surface area contributed by atoms with Crippen molar-refractivity contribution in [2.24, 2.45) is 11.8 Å². The number of ether oxygens (including phenoxy) is 1. The maximum absolute atomic E-state index is 13.6. The van der Waals surface area contributed by atoms with Gasteiger partial charge in [-0.05, 0) is 68.5 Å². The zero-order valence-corrected chi connectivity index (χ0v) is 27.2. The molecule has 2 saturated heterocycles. The van der Waals surface area contributed by atoms with Crippen LogP contribution in [-0.4, -0.2) is 83.5 Å². The third-order valence-electron chi connectivity index (χ3n) is 8.94. The number of aromatic nitrogens is 5. The van der Waals surface area contributed by atoms with E-state index in [2.05, 4.69) is 61.5 Å². The average Bonchev–Trinajstić information content (AvgIpc) is 3.57. The van der Waals surface area contributed by atoms with Gasteiger partial charge in [0.2, 0.25) is 5.95 Å². The van der Waals surface area contributed by atoms with Crippen LogP contribution in [0.25, 0.3) is 21.9 Å². The molecule has 0 saturated carbocycles. The molecule has 2 fully saturated rings. The standard InChI is InChI=1S/C33H38N9O2P/c1-6-20-13-26(29(44-3)14-28(20)42-18-21-16-41(2)17-22(21)19-42)38-33-39-27-15-34-10-9-23(27)32(40-33)37-25-8-7-24-30(36-12-11-35-24)31(25)45(4,5)43/h7-15,21-22H,6,16-19H2,1-5H3,(H2,37,38,39,40)/t21-,22+. The molecular weight excluding hydrogens is 585 g/mol. The Hall–Kier alpha value is -4.34. The van der Waals surface area contributed by atoms with E-state index in [4.69, 9.17) is 14.7 Å². The minimum absolute atomic E-state index is 0.392. The lowest BCUT2D eigenvalue weighted by molar-refractivity contribution is 0.387.